The SMILES string of the molecule is C.C.COc1ccc(P(c2ccc(OC)cc2)c2cccc3c2O[C@]24Oc5c(cccc5P(c5ccc(C)cc5)c5ccc(C)cc5)C[C@H]2CCC[C@@H]4C3)cc1. The summed E-state index contributed by atoms with van der Waals surface area (Å²) in [7, 11) is 1.59. The number of para-hydroxylation sites is 2. The molecule has 6 heteroatoms. The Hall–Kier alpha value is -4.62. The monoisotopic (exact) mass is 780 g/mol. The van der Waals surface area contributed by atoms with Crippen LogP contribution < -0.4 is 50.8 Å². The second kappa shape index (κ2) is 16.5. The Balaban J connectivity index is 0.00000240. The minimum Gasteiger partial charge on any atom is -0.497 e. The standard InChI is InChI=1S/C48H46O4P2.2CH4/c1-32-14-22-40(23-15-32)53(41-24-16-33(2)17-25-41)44-12-5-8-34-30-36-10-7-11-37-31-35-9-6-13-45(47(35)52-48(36,37)51-46(34)44)54(42-26-18-38(49-3)19-27-42)43-28-20-39(50-4)21-29-43;;/h5-6,8-9,12-29,36-37H,7,10-11,30-31H2,1-4H3;2*1H4/t36-,37-,48-;;/m1../s1. The van der Waals surface area contributed by atoms with Crippen molar-refractivity contribution in [3.63, 3.8) is 0 Å². The van der Waals surface area contributed by atoms with E-state index in [2.05, 4.69) is 147 Å². The molecule has 0 radical (unpaired) electrons. The average Bonchev–Trinajstić information content (AvgIpc) is 3.21. The summed E-state index contributed by atoms with van der Waals surface area (Å²) in [6.45, 7) is 4.32. The van der Waals surface area contributed by atoms with Crippen molar-refractivity contribution in [3.05, 3.63) is 156 Å². The number of hydrogen-bond acceptors (Lipinski definition) is 4. The topological polar surface area (TPSA) is 36.9 Å². The zero-order valence-corrected chi connectivity index (χ0v) is 33.2. The molecule has 0 saturated heterocycles. The lowest BCUT2D eigenvalue weighted by molar-refractivity contribution is -0.225. The van der Waals surface area contributed by atoms with Crippen molar-refractivity contribution < 1.29 is 18.9 Å². The van der Waals surface area contributed by atoms with Gasteiger partial charge in [-0.05, 0) is 112 Å². The van der Waals surface area contributed by atoms with Crippen molar-refractivity contribution in [1.82, 2.24) is 0 Å². The largest absolute Gasteiger partial charge is 0.497 e. The molecular weight excluding hydrogens is 726 g/mol. The fraction of sp³-hybridized carbons (Fsp3) is 0.280. The van der Waals surface area contributed by atoms with E-state index >= 15 is 0 Å². The lowest BCUT2D eigenvalue weighted by Gasteiger charge is -2.54. The summed E-state index contributed by atoms with van der Waals surface area (Å²) in [5.41, 5.74) is 5.12. The maximum absolute atomic E-state index is 7.66. The van der Waals surface area contributed by atoms with E-state index in [1.807, 2.05) is 0 Å². The Morgan fingerprint density at radius 3 is 1.21 bits per heavy atom. The molecule has 1 fully saturated rings. The van der Waals surface area contributed by atoms with Gasteiger partial charge in [-0.3, -0.25) is 0 Å². The van der Waals surface area contributed by atoms with Gasteiger partial charge in [0.05, 0.1) is 14.2 Å². The van der Waals surface area contributed by atoms with Crippen LogP contribution in [0, 0.1) is 25.7 Å². The van der Waals surface area contributed by atoms with Crippen molar-refractivity contribution in [3.8, 4) is 23.0 Å². The third kappa shape index (κ3) is 7.12. The molecule has 9 rings (SSSR count). The van der Waals surface area contributed by atoms with Gasteiger partial charge in [-0.2, -0.15) is 0 Å². The number of rotatable bonds is 8. The molecule has 0 unspecified atom stereocenters. The molecule has 2 heterocycles. The Bertz CT molecular complexity index is 2180. The number of methoxy groups -OCH3 is 2. The maximum Gasteiger partial charge on any atom is 0.257 e. The van der Waals surface area contributed by atoms with E-state index < -0.39 is 21.6 Å². The first-order chi connectivity index (χ1) is 26.4. The quantitative estimate of drug-likeness (QED) is 0.144. The highest BCUT2D eigenvalue weighted by Crippen LogP contribution is 2.55. The zero-order valence-electron chi connectivity index (χ0n) is 31.4. The molecule has 1 spiro atoms. The van der Waals surface area contributed by atoms with E-state index in [1.54, 1.807) is 14.2 Å². The van der Waals surface area contributed by atoms with Crippen LogP contribution in [-0.4, -0.2) is 20.0 Å². The number of benzene rings is 6. The van der Waals surface area contributed by atoms with Gasteiger partial charge in [0.25, 0.3) is 5.79 Å². The third-order valence-electron chi connectivity index (χ3n) is 11.6. The fourth-order valence-corrected chi connectivity index (χ4v) is 13.5. The maximum atomic E-state index is 7.66. The summed E-state index contributed by atoms with van der Waals surface area (Å²) in [6.07, 6.45) is 5.27. The highest BCUT2D eigenvalue weighted by Gasteiger charge is 2.57. The number of ether oxygens (including phenoxy) is 4. The minimum absolute atomic E-state index is 0. The molecule has 1 saturated carbocycles. The van der Waals surface area contributed by atoms with Gasteiger partial charge in [0.1, 0.15) is 23.0 Å². The predicted molar refractivity (Wildman–Crippen MR) is 239 cm³/mol. The molecule has 6 aromatic carbocycles. The smallest absolute Gasteiger partial charge is 0.257 e. The van der Waals surface area contributed by atoms with Crippen LogP contribution in [0.5, 0.6) is 23.0 Å². The molecule has 6 aromatic rings. The van der Waals surface area contributed by atoms with Crippen molar-refractivity contribution >= 4 is 47.7 Å². The molecule has 3 aliphatic rings. The van der Waals surface area contributed by atoms with Crippen molar-refractivity contribution in [1.29, 1.82) is 0 Å². The van der Waals surface area contributed by atoms with Gasteiger partial charge in [-0.25, -0.2) is 0 Å². The van der Waals surface area contributed by atoms with Gasteiger partial charge in [-0.1, -0.05) is 142 Å². The first-order valence-corrected chi connectivity index (χ1v) is 21.8. The molecule has 56 heavy (non-hydrogen) atoms. The van der Waals surface area contributed by atoms with Gasteiger partial charge >= 0.3 is 0 Å². The normalized spacial score (nSPS) is 19.1. The first-order valence-electron chi connectivity index (χ1n) is 19.1. The summed E-state index contributed by atoms with van der Waals surface area (Å²) < 4.78 is 26.5. The molecule has 4 nitrogen and oxygen atoms in total. The summed E-state index contributed by atoms with van der Waals surface area (Å²) in [6, 6.07) is 49.0. The van der Waals surface area contributed by atoms with Crippen molar-refractivity contribution in [2.75, 3.05) is 14.2 Å². The van der Waals surface area contributed by atoms with Crippen molar-refractivity contribution in [2.45, 2.75) is 66.6 Å². The highest BCUT2D eigenvalue weighted by atomic mass is 31.1. The van der Waals surface area contributed by atoms with E-state index in [-0.39, 0.29) is 26.7 Å². The number of hydrogen-bond donors (Lipinski definition) is 0. The van der Waals surface area contributed by atoms with E-state index in [9.17, 15) is 0 Å². The lowest BCUT2D eigenvalue weighted by Crippen LogP contribution is -2.62. The van der Waals surface area contributed by atoms with Crippen LogP contribution in [-0.2, 0) is 12.8 Å². The van der Waals surface area contributed by atoms with Crippen LogP contribution in [0.3, 0.4) is 0 Å². The summed E-state index contributed by atoms with van der Waals surface area (Å²) in [4.78, 5) is 0. The molecule has 0 bridgehead atoms. The van der Waals surface area contributed by atoms with Crippen LogP contribution >= 0.6 is 15.8 Å². The van der Waals surface area contributed by atoms with E-state index in [1.165, 1.54) is 60.5 Å². The van der Waals surface area contributed by atoms with Gasteiger partial charge in [0.2, 0.25) is 0 Å². The lowest BCUT2D eigenvalue weighted by atomic mass is 9.68. The van der Waals surface area contributed by atoms with E-state index in [0.717, 1.165) is 48.7 Å². The van der Waals surface area contributed by atoms with Gasteiger partial charge in [0, 0.05) is 22.4 Å². The van der Waals surface area contributed by atoms with Crippen molar-refractivity contribution in [2.24, 2.45) is 11.8 Å². The zero-order chi connectivity index (χ0) is 36.8. The molecule has 0 aromatic heterocycles. The van der Waals surface area contributed by atoms with Gasteiger partial charge < -0.3 is 18.9 Å². The molecule has 3 atom stereocenters. The van der Waals surface area contributed by atoms with E-state index in [4.69, 9.17) is 18.9 Å². The molecule has 0 N–H and O–H groups in total. The molecular formula is C50H54O4P2. The Morgan fingerprint density at radius 1 is 0.500 bits per heavy atom. The molecule has 2 aliphatic heterocycles. The Kier molecular flexibility index (Phi) is 11.6. The number of fused-ring (bicyclic) bond motifs is 2. The molecule has 288 valence electrons. The molecule has 1 aliphatic carbocycles. The van der Waals surface area contributed by atoms with E-state index in [0.29, 0.717) is 0 Å². The number of aryl methyl sites for hydroxylation is 2. The third-order valence-corrected chi connectivity index (χ3v) is 16.5. The van der Waals surface area contributed by atoms with Gasteiger partial charge in [-0.15, -0.1) is 0 Å². The minimum atomic E-state index is -0.972. The van der Waals surface area contributed by atoms with Crippen LogP contribution in [0.25, 0.3) is 0 Å². The summed E-state index contributed by atoms with van der Waals surface area (Å²) in [5.74, 6) is 3.51. The fourth-order valence-electron chi connectivity index (χ4n) is 8.80. The highest BCUT2D eigenvalue weighted by molar-refractivity contribution is 7.80. The predicted octanol–water partition coefficient (Wildman–Crippen LogP) is 9.79. The van der Waals surface area contributed by atoms with Crippen LogP contribution in [0.15, 0.2) is 133 Å². The second-order valence-corrected chi connectivity index (χ2v) is 19.3. The first kappa shape index (κ1) is 39.6. The van der Waals surface area contributed by atoms with Crippen LogP contribution in [0.4, 0.5) is 0 Å². The average molecular weight is 781 g/mol. The molecule has 0 amide bonds. The van der Waals surface area contributed by atoms with Crippen LogP contribution in [0.1, 0.15) is 56.4 Å². The Morgan fingerprint density at radius 2 is 0.857 bits per heavy atom. The summed E-state index contributed by atoms with van der Waals surface area (Å²) in [5, 5.41) is 7.64. The van der Waals surface area contributed by atoms with Crippen LogP contribution in [0.2, 0.25) is 0 Å². The van der Waals surface area contributed by atoms with Gasteiger partial charge in [0.15, 0.2) is 0 Å². The Labute approximate surface area is 336 Å². The second-order valence-electron chi connectivity index (χ2n) is 14.9. The summed E-state index contributed by atoms with van der Waals surface area (Å²) >= 11 is 0.